The zero-order chi connectivity index (χ0) is 11.3. The Morgan fingerprint density at radius 2 is 2.13 bits per heavy atom. The summed E-state index contributed by atoms with van der Waals surface area (Å²) < 4.78 is 7.10. The molecule has 0 aliphatic heterocycles. The second kappa shape index (κ2) is 5.46. The highest BCUT2D eigenvalue weighted by Gasteiger charge is 2.19. The highest BCUT2D eigenvalue weighted by Crippen LogP contribution is 2.20. The van der Waals surface area contributed by atoms with E-state index in [2.05, 4.69) is 36.3 Å². The third kappa shape index (κ3) is 3.79. The number of nitrogens with zero attached hydrogens (tertiary/aromatic N) is 4. The van der Waals surface area contributed by atoms with Crippen molar-refractivity contribution in [2.75, 3.05) is 19.0 Å². The third-order valence-corrected chi connectivity index (χ3v) is 2.62. The van der Waals surface area contributed by atoms with Crippen molar-refractivity contribution in [2.45, 2.75) is 38.4 Å². The van der Waals surface area contributed by atoms with Crippen LogP contribution in [0.2, 0.25) is 0 Å². The van der Waals surface area contributed by atoms with Crippen LogP contribution in [0.15, 0.2) is 5.16 Å². The summed E-state index contributed by atoms with van der Waals surface area (Å²) in [6.07, 6.45) is 0. The molecular formula is C9H18N4OS. The first-order valence-corrected chi connectivity index (χ1v) is 6.03. The van der Waals surface area contributed by atoms with Crippen LogP contribution in [0.5, 0.6) is 0 Å². The molecule has 0 N–H and O–H groups in total. The molecule has 0 radical (unpaired) electrons. The second-order valence-electron chi connectivity index (χ2n) is 4.09. The first-order chi connectivity index (χ1) is 7.05. The molecular weight excluding hydrogens is 212 g/mol. The van der Waals surface area contributed by atoms with E-state index in [1.807, 2.05) is 11.6 Å². The second-order valence-corrected chi connectivity index (χ2v) is 5.15. The van der Waals surface area contributed by atoms with Crippen LogP contribution >= 0.6 is 11.8 Å². The summed E-state index contributed by atoms with van der Waals surface area (Å²) in [5.74, 6) is 0.879. The Bertz CT molecular complexity index is 295. The van der Waals surface area contributed by atoms with Crippen molar-refractivity contribution in [1.82, 2.24) is 20.2 Å². The van der Waals surface area contributed by atoms with Crippen LogP contribution in [0.4, 0.5) is 0 Å². The number of tetrazole rings is 1. The highest BCUT2D eigenvalue weighted by atomic mass is 32.2. The minimum atomic E-state index is -0.0720. The topological polar surface area (TPSA) is 52.8 Å². The molecule has 1 aromatic rings. The Labute approximate surface area is 94.6 Å². The molecule has 0 aliphatic rings. The normalized spacial score (nSPS) is 12.0. The maximum atomic E-state index is 5.26. The van der Waals surface area contributed by atoms with Gasteiger partial charge in [-0.15, -0.1) is 5.10 Å². The molecule has 0 unspecified atom stereocenters. The fourth-order valence-electron chi connectivity index (χ4n) is 1.03. The lowest BCUT2D eigenvalue weighted by Gasteiger charge is -2.19. The van der Waals surface area contributed by atoms with Gasteiger partial charge in [-0.25, -0.2) is 4.68 Å². The minimum absolute atomic E-state index is 0.0720. The summed E-state index contributed by atoms with van der Waals surface area (Å²) in [6.45, 7) is 9.72. The molecule has 1 rings (SSSR count). The van der Waals surface area contributed by atoms with Crippen molar-refractivity contribution < 1.29 is 4.74 Å². The summed E-state index contributed by atoms with van der Waals surface area (Å²) in [7, 11) is 0. The predicted molar refractivity (Wildman–Crippen MR) is 60.0 cm³/mol. The zero-order valence-electron chi connectivity index (χ0n) is 9.73. The molecule has 0 amide bonds. The molecule has 0 fully saturated rings. The quantitative estimate of drug-likeness (QED) is 0.567. The lowest BCUT2D eigenvalue weighted by molar-refractivity contribution is 0.164. The summed E-state index contributed by atoms with van der Waals surface area (Å²) in [5.41, 5.74) is -0.0720. The van der Waals surface area contributed by atoms with Crippen molar-refractivity contribution in [2.24, 2.45) is 0 Å². The summed E-state index contributed by atoms with van der Waals surface area (Å²) in [6, 6.07) is 0. The third-order valence-electron chi connectivity index (χ3n) is 1.74. The van der Waals surface area contributed by atoms with E-state index >= 15 is 0 Å². The number of rotatable bonds is 5. The van der Waals surface area contributed by atoms with Gasteiger partial charge in [-0.05, 0) is 38.1 Å². The number of aromatic nitrogens is 4. The van der Waals surface area contributed by atoms with Gasteiger partial charge in [0.25, 0.3) is 0 Å². The molecule has 0 aliphatic carbocycles. The predicted octanol–water partition coefficient (Wildman–Crippen LogP) is 1.56. The van der Waals surface area contributed by atoms with Crippen LogP contribution in [0.25, 0.3) is 0 Å². The molecule has 0 spiro atoms. The van der Waals surface area contributed by atoms with Crippen LogP contribution in [-0.4, -0.2) is 39.2 Å². The van der Waals surface area contributed by atoms with E-state index in [4.69, 9.17) is 4.74 Å². The van der Waals surface area contributed by atoms with E-state index in [1.54, 1.807) is 11.8 Å². The minimum Gasteiger partial charge on any atom is -0.381 e. The van der Waals surface area contributed by atoms with Crippen molar-refractivity contribution >= 4 is 11.8 Å². The van der Waals surface area contributed by atoms with Crippen LogP contribution in [0.1, 0.15) is 27.7 Å². The van der Waals surface area contributed by atoms with E-state index in [9.17, 15) is 0 Å². The van der Waals surface area contributed by atoms with E-state index in [1.165, 1.54) is 0 Å². The van der Waals surface area contributed by atoms with Gasteiger partial charge in [0.2, 0.25) is 5.16 Å². The smallest absolute Gasteiger partial charge is 0.209 e. The van der Waals surface area contributed by atoms with Gasteiger partial charge in [0.15, 0.2) is 0 Å². The van der Waals surface area contributed by atoms with Gasteiger partial charge in [0.1, 0.15) is 0 Å². The fraction of sp³-hybridized carbons (Fsp3) is 0.889. The lowest BCUT2D eigenvalue weighted by Crippen LogP contribution is -2.24. The van der Waals surface area contributed by atoms with E-state index in [0.717, 1.165) is 24.1 Å². The molecule has 0 atom stereocenters. The monoisotopic (exact) mass is 230 g/mol. The van der Waals surface area contributed by atoms with E-state index in [-0.39, 0.29) is 5.54 Å². The van der Waals surface area contributed by atoms with Gasteiger partial charge in [-0.1, -0.05) is 11.8 Å². The van der Waals surface area contributed by atoms with Gasteiger partial charge in [-0.3, -0.25) is 0 Å². The van der Waals surface area contributed by atoms with Crippen LogP contribution in [-0.2, 0) is 10.3 Å². The fourth-order valence-corrected chi connectivity index (χ4v) is 1.94. The molecule has 5 nitrogen and oxygen atoms in total. The molecule has 0 saturated heterocycles. The molecule has 0 saturated carbocycles. The van der Waals surface area contributed by atoms with E-state index < -0.39 is 0 Å². The first kappa shape index (κ1) is 12.4. The summed E-state index contributed by atoms with van der Waals surface area (Å²) in [4.78, 5) is 0. The molecule has 86 valence electrons. The number of hydrogen-bond donors (Lipinski definition) is 0. The van der Waals surface area contributed by atoms with Crippen LogP contribution < -0.4 is 0 Å². The van der Waals surface area contributed by atoms with Gasteiger partial charge in [0.05, 0.1) is 12.1 Å². The van der Waals surface area contributed by atoms with Crippen LogP contribution in [0.3, 0.4) is 0 Å². The van der Waals surface area contributed by atoms with Crippen LogP contribution in [0, 0.1) is 0 Å². The van der Waals surface area contributed by atoms with Gasteiger partial charge >= 0.3 is 0 Å². The maximum Gasteiger partial charge on any atom is 0.209 e. The molecule has 1 heterocycles. The van der Waals surface area contributed by atoms with Crippen molar-refractivity contribution in [3.05, 3.63) is 0 Å². The Morgan fingerprint density at radius 1 is 1.40 bits per heavy atom. The molecule has 15 heavy (non-hydrogen) atoms. The summed E-state index contributed by atoms with van der Waals surface area (Å²) in [5, 5.41) is 12.5. The maximum absolute atomic E-state index is 5.26. The largest absolute Gasteiger partial charge is 0.381 e. The van der Waals surface area contributed by atoms with Crippen molar-refractivity contribution in [3.8, 4) is 0 Å². The Hall–Kier alpha value is -0.620. The number of hydrogen-bond acceptors (Lipinski definition) is 5. The molecule has 6 heteroatoms. The van der Waals surface area contributed by atoms with Crippen molar-refractivity contribution in [3.63, 3.8) is 0 Å². The standard InChI is InChI=1S/C9H18N4OS/c1-5-14-6-7-15-8-10-11-12-13(8)9(2,3)4/h5-7H2,1-4H3. The van der Waals surface area contributed by atoms with E-state index in [0.29, 0.717) is 0 Å². The average molecular weight is 230 g/mol. The van der Waals surface area contributed by atoms with Gasteiger partial charge < -0.3 is 4.74 Å². The average Bonchev–Trinajstić information content (AvgIpc) is 2.59. The lowest BCUT2D eigenvalue weighted by atomic mass is 10.1. The molecule has 0 aromatic carbocycles. The van der Waals surface area contributed by atoms with Crippen molar-refractivity contribution in [1.29, 1.82) is 0 Å². The Kier molecular flexibility index (Phi) is 4.53. The Morgan fingerprint density at radius 3 is 2.73 bits per heavy atom. The zero-order valence-corrected chi connectivity index (χ0v) is 10.5. The number of ether oxygens (including phenoxy) is 1. The number of thioether (sulfide) groups is 1. The molecule has 1 aromatic heterocycles. The Balaban J connectivity index is 2.51. The first-order valence-electron chi connectivity index (χ1n) is 5.05. The summed E-state index contributed by atoms with van der Waals surface area (Å²) >= 11 is 1.62. The van der Waals surface area contributed by atoms with Gasteiger partial charge in [-0.2, -0.15) is 0 Å². The SMILES string of the molecule is CCOCCSc1nnnn1C(C)(C)C. The highest BCUT2D eigenvalue weighted by molar-refractivity contribution is 7.99. The molecule has 0 bridgehead atoms. The van der Waals surface area contributed by atoms with Gasteiger partial charge in [0, 0.05) is 12.4 Å².